The van der Waals surface area contributed by atoms with Crippen LogP contribution in [0.3, 0.4) is 0 Å². The molecule has 0 radical (unpaired) electrons. The first-order valence-corrected chi connectivity index (χ1v) is 9.60. The summed E-state index contributed by atoms with van der Waals surface area (Å²) in [5.41, 5.74) is 2.16. The lowest BCUT2D eigenvalue weighted by atomic mass is 10.2. The molecule has 1 atom stereocenters. The molecule has 0 unspecified atom stereocenters. The number of amides is 2. The highest BCUT2D eigenvalue weighted by Gasteiger charge is 2.33. The van der Waals surface area contributed by atoms with Gasteiger partial charge >= 0.3 is 0 Å². The van der Waals surface area contributed by atoms with Crippen LogP contribution in [-0.4, -0.2) is 65.1 Å². The van der Waals surface area contributed by atoms with Crippen LogP contribution in [0.1, 0.15) is 11.4 Å². The van der Waals surface area contributed by atoms with Gasteiger partial charge < -0.3 is 23.8 Å². The fraction of sp³-hybridized carbons (Fsp3) is 0.429. The average Bonchev–Trinajstić information content (AvgIpc) is 3.05. The highest BCUT2D eigenvalue weighted by molar-refractivity contribution is 5.82. The van der Waals surface area contributed by atoms with E-state index in [1.807, 2.05) is 53.6 Å². The third-order valence-electron chi connectivity index (χ3n) is 5.44. The third-order valence-corrected chi connectivity index (χ3v) is 5.44. The Morgan fingerprint density at radius 2 is 1.54 bits per heavy atom. The largest absolute Gasteiger partial charge is 0.485 e. The van der Waals surface area contributed by atoms with Crippen molar-refractivity contribution in [3.63, 3.8) is 0 Å². The lowest BCUT2D eigenvalue weighted by Crippen LogP contribution is -2.55. The molecule has 2 aromatic rings. The number of hydrogen-bond acceptors (Lipinski definition) is 4. The fourth-order valence-electron chi connectivity index (χ4n) is 3.71. The second-order valence-electron chi connectivity index (χ2n) is 7.27. The minimum Gasteiger partial charge on any atom is -0.485 e. The molecule has 1 aromatic heterocycles. The first-order chi connectivity index (χ1) is 13.5. The van der Waals surface area contributed by atoms with Gasteiger partial charge in [-0.25, -0.2) is 0 Å². The van der Waals surface area contributed by atoms with Crippen LogP contribution in [0, 0.1) is 13.8 Å². The molecular formula is C21H25N3O4. The molecule has 1 aromatic carbocycles. The number of ether oxygens (including phenoxy) is 2. The van der Waals surface area contributed by atoms with Crippen LogP contribution in [0.5, 0.6) is 11.5 Å². The Morgan fingerprint density at radius 3 is 2.21 bits per heavy atom. The minimum atomic E-state index is -0.637. The Hall–Kier alpha value is -2.96. The molecule has 7 nitrogen and oxygen atoms in total. The van der Waals surface area contributed by atoms with E-state index in [0.29, 0.717) is 44.2 Å². The van der Waals surface area contributed by atoms with E-state index in [-0.39, 0.29) is 18.4 Å². The van der Waals surface area contributed by atoms with Crippen molar-refractivity contribution in [2.45, 2.75) is 26.5 Å². The standard InChI is InChI=1S/C21H25N3O4/c1-15-7-8-16(2)24(15)13-20(25)22-9-11-23(12-10-22)21(26)19-14-27-17-5-3-4-6-18(17)28-19/h3-8,19H,9-14H2,1-2H3/t19-/m1/s1. The van der Waals surface area contributed by atoms with Gasteiger partial charge in [0.1, 0.15) is 13.2 Å². The van der Waals surface area contributed by atoms with Gasteiger partial charge in [-0.1, -0.05) is 12.1 Å². The van der Waals surface area contributed by atoms with Crippen LogP contribution in [0.2, 0.25) is 0 Å². The Kier molecular flexibility index (Phi) is 4.98. The van der Waals surface area contributed by atoms with Gasteiger partial charge in [-0.15, -0.1) is 0 Å². The molecule has 0 aliphatic carbocycles. The zero-order chi connectivity index (χ0) is 19.7. The van der Waals surface area contributed by atoms with E-state index in [4.69, 9.17) is 9.47 Å². The summed E-state index contributed by atoms with van der Waals surface area (Å²) in [4.78, 5) is 29.0. The van der Waals surface area contributed by atoms with Gasteiger partial charge in [0.15, 0.2) is 11.5 Å². The average molecular weight is 383 g/mol. The molecule has 0 spiro atoms. The smallest absolute Gasteiger partial charge is 0.267 e. The van der Waals surface area contributed by atoms with Crippen molar-refractivity contribution in [2.75, 3.05) is 32.8 Å². The van der Waals surface area contributed by atoms with Crippen LogP contribution >= 0.6 is 0 Å². The summed E-state index contributed by atoms with van der Waals surface area (Å²) in [5.74, 6) is 1.26. The maximum atomic E-state index is 12.8. The summed E-state index contributed by atoms with van der Waals surface area (Å²) in [5, 5.41) is 0. The van der Waals surface area contributed by atoms with Crippen molar-refractivity contribution < 1.29 is 19.1 Å². The number of piperazine rings is 1. The van der Waals surface area contributed by atoms with Crippen molar-refractivity contribution in [1.29, 1.82) is 0 Å². The molecule has 4 rings (SSSR count). The lowest BCUT2D eigenvalue weighted by molar-refractivity contribution is -0.146. The fourth-order valence-corrected chi connectivity index (χ4v) is 3.71. The van der Waals surface area contributed by atoms with Crippen LogP contribution in [0.15, 0.2) is 36.4 Å². The highest BCUT2D eigenvalue weighted by atomic mass is 16.6. The van der Waals surface area contributed by atoms with E-state index in [1.165, 1.54) is 0 Å². The van der Waals surface area contributed by atoms with E-state index in [1.54, 1.807) is 11.0 Å². The number of para-hydroxylation sites is 2. The zero-order valence-electron chi connectivity index (χ0n) is 16.3. The topological polar surface area (TPSA) is 64.0 Å². The molecule has 7 heteroatoms. The molecule has 3 heterocycles. The first-order valence-electron chi connectivity index (χ1n) is 9.60. The molecule has 1 saturated heterocycles. The third kappa shape index (κ3) is 3.56. The quantitative estimate of drug-likeness (QED) is 0.808. The maximum absolute atomic E-state index is 12.8. The number of aryl methyl sites for hydroxylation is 2. The van der Waals surface area contributed by atoms with Crippen molar-refractivity contribution in [3.8, 4) is 11.5 Å². The van der Waals surface area contributed by atoms with Crippen LogP contribution in [0.4, 0.5) is 0 Å². The zero-order valence-corrected chi connectivity index (χ0v) is 16.3. The van der Waals surface area contributed by atoms with Crippen LogP contribution < -0.4 is 9.47 Å². The van der Waals surface area contributed by atoms with Gasteiger partial charge in [-0.2, -0.15) is 0 Å². The molecular weight excluding hydrogens is 358 g/mol. The Balaban J connectivity index is 1.32. The summed E-state index contributed by atoms with van der Waals surface area (Å²) in [6.45, 7) is 6.65. The highest BCUT2D eigenvalue weighted by Crippen LogP contribution is 2.31. The SMILES string of the molecule is Cc1ccc(C)n1CC(=O)N1CCN(C(=O)[C@H]2COc3ccccc3O2)CC1. The van der Waals surface area contributed by atoms with E-state index < -0.39 is 6.10 Å². The predicted octanol–water partition coefficient (Wildman–Crippen LogP) is 1.62. The molecule has 28 heavy (non-hydrogen) atoms. The Labute approximate surface area is 164 Å². The second-order valence-corrected chi connectivity index (χ2v) is 7.27. The van der Waals surface area contributed by atoms with Crippen LogP contribution in [0.25, 0.3) is 0 Å². The number of nitrogens with zero attached hydrogens (tertiary/aromatic N) is 3. The normalized spacial score (nSPS) is 18.9. The van der Waals surface area contributed by atoms with E-state index in [0.717, 1.165) is 11.4 Å². The van der Waals surface area contributed by atoms with Crippen molar-refractivity contribution in [2.24, 2.45) is 0 Å². The first kappa shape index (κ1) is 18.4. The summed E-state index contributed by atoms with van der Waals surface area (Å²) in [6, 6.07) is 11.4. The van der Waals surface area contributed by atoms with Crippen molar-refractivity contribution in [3.05, 3.63) is 47.8 Å². The van der Waals surface area contributed by atoms with Crippen molar-refractivity contribution in [1.82, 2.24) is 14.4 Å². The molecule has 0 saturated carbocycles. The lowest BCUT2D eigenvalue weighted by Gasteiger charge is -2.37. The maximum Gasteiger partial charge on any atom is 0.267 e. The number of aromatic nitrogens is 1. The van der Waals surface area contributed by atoms with Gasteiger partial charge in [-0.05, 0) is 38.1 Å². The number of hydrogen-bond donors (Lipinski definition) is 0. The molecule has 2 aliphatic heterocycles. The molecule has 0 N–H and O–H groups in total. The summed E-state index contributed by atoms with van der Waals surface area (Å²) in [7, 11) is 0. The van der Waals surface area contributed by atoms with Gasteiger partial charge in [0.2, 0.25) is 12.0 Å². The number of carbonyl (C=O) groups is 2. The van der Waals surface area contributed by atoms with Gasteiger partial charge in [0.25, 0.3) is 5.91 Å². The predicted molar refractivity (Wildman–Crippen MR) is 103 cm³/mol. The van der Waals surface area contributed by atoms with Gasteiger partial charge in [-0.3, -0.25) is 9.59 Å². The molecule has 0 bridgehead atoms. The summed E-state index contributed by atoms with van der Waals surface area (Å²) in [6.07, 6.45) is -0.637. The van der Waals surface area contributed by atoms with E-state index >= 15 is 0 Å². The molecule has 2 aliphatic rings. The summed E-state index contributed by atoms with van der Waals surface area (Å²) < 4.78 is 13.5. The number of carbonyl (C=O) groups excluding carboxylic acids is 2. The second kappa shape index (κ2) is 7.58. The Morgan fingerprint density at radius 1 is 0.929 bits per heavy atom. The van der Waals surface area contributed by atoms with Gasteiger partial charge in [0, 0.05) is 37.6 Å². The van der Waals surface area contributed by atoms with Crippen molar-refractivity contribution >= 4 is 11.8 Å². The van der Waals surface area contributed by atoms with Crippen LogP contribution in [-0.2, 0) is 16.1 Å². The molecule has 2 amide bonds. The minimum absolute atomic E-state index is 0.0840. The molecule has 1 fully saturated rings. The van der Waals surface area contributed by atoms with Gasteiger partial charge in [0.05, 0.1) is 0 Å². The number of rotatable bonds is 3. The number of benzene rings is 1. The van der Waals surface area contributed by atoms with E-state index in [2.05, 4.69) is 0 Å². The molecule has 148 valence electrons. The Bertz CT molecular complexity index is 864. The summed E-state index contributed by atoms with van der Waals surface area (Å²) >= 11 is 0. The monoisotopic (exact) mass is 383 g/mol. The number of fused-ring (bicyclic) bond motifs is 1. The van der Waals surface area contributed by atoms with E-state index in [9.17, 15) is 9.59 Å².